The van der Waals surface area contributed by atoms with Crippen molar-refractivity contribution in [1.29, 1.82) is 0 Å². The van der Waals surface area contributed by atoms with Gasteiger partial charge in [-0.25, -0.2) is 0 Å². The van der Waals surface area contributed by atoms with Crippen LogP contribution in [0.15, 0.2) is 16.5 Å². The zero-order valence-corrected chi connectivity index (χ0v) is 9.68. The van der Waals surface area contributed by atoms with Gasteiger partial charge < -0.3 is 9.73 Å². The third kappa shape index (κ3) is 3.77. The van der Waals surface area contributed by atoms with Gasteiger partial charge in [-0.05, 0) is 24.5 Å². The summed E-state index contributed by atoms with van der Waals surface area (Å²) in [5.74, 6) is 2.86. The lowest BCUT2D eigenvalue weighted by atomic mass is 10.3. The van der Waals surface area contributed by atoms with E-state index in [1.807, 2.05) is 12.1 Å². The number of alkyl halides is 3. The van der Waals surface area contributed by atoms with Gasteiger partial charge in [0.25, 0.3) is 0 Å². The van der Waals surface area contributed by atoms with E-state index in [0.29, 0.717) is 24.1 Å². The molecule has 17 heavy (non-hydrogen) atoms. The molecule has 0 saturated heterocycles. The second kappa shape index (κ2) is 4.72. The normalized spacial score (nSPS) is 24.0. The highest BCUT2D eigenvalue weighted by Crippen LogP contribution is 2.47. The fraction of sp³-hybridized carbons (Fsp3) is 0.667. The Morgan fingerprint density at radius 3 is 2.71 bits per heavy atom. The number of halogens is 3. The Bertz CT molecular complexity index is 372. The summed E-state index contributed by atoms with van der Waals surface area (Å²) in [6.45, 7) is 2.45. The Morgan fingerprint density at radius 1 is 1.41 bits per heavy atom. The van der Waals surface area contributed by atoms with Crippen LogP contribution in [0.3, 0.4) is 0 Å². The van der Waals surface area contributed by atoms with Crippen molar-refractivity contribution in [3.8, 4) is 0 Å². The van der Waals surface area contributed by atoms with Crippen molar-refractivity contribution in [2.75, 3.05) is 6.54 Å². The number of rotatable bonds is 5. The minimum Gasteiger partial charge on any atom is -0.464 e. The van der Waals surface area contributed by atoms with Gasteiger partial charge in [-0.1, -0.05) is 6.92 Å². The molecule has 2 unspecified atom stereocenters. The molecule has 0 aliphatic heterocycles. The molecule has 1 saturated carbocycles. The van der Waals surface area contributed by atoms with Crippen LogP contribution < -0.4 is 5.32 Å². The van der Waals surface area contributed by atoms with E-state index >= 15 is 0 Å². The first-order valence-corrected chi connectivity index (χ1v) is 5.82. The maximum absolute atomic E-state index is 11.9. The van der Waals surface area contributed by atoms with Crippen molar-refractivity contribution >= 4 is 0 Å². The van der Waals surface area contributed by atoms with E-state index in [-0.39, 0.29) is 6.54 Å². The molecule has 96 valence electrons. The number of furan rings is 1. The average Bonchev–Trinajstić information content (AvgIpc) is 2.77. The Balaban J connectivity index is 1.71. The van der Waals surface area contributed by atoms with Gasteiger partial charge in [0.05, 0.1) is 13.0 Å². The van der Waals surface area contributed by atoms with Gasteiger partial charge in [0.15, 0.2) is 0 Å². The van der Waals surface area contributed by atoms with Crippen LogP contribution in [-0.4, -0.2) is 12.7 Å². The van der Waals surface area contributed by atoms with E-state index in [2.05, 4.69) is 12.2 Å². The Kier molecular flexibility index (Phi) is 3.47. The van der Waals surface area contributed by atoms with Gasteiger partial charge in [0, 0.05) is 12.5 Å². The first-order valence-electron chi connectivity index (χ1n) is 5.82. The minimum atomic E-state index is -4.09. The predicted octanol–water partition coefficient (Wildman–Crippen LogP) is 3.45. The monoisotopic (exact) mass is 247 g/mol. The van der Waals surface area contributed by atoms with Crippen LogP contribution in [0, 0.1) is 5.92 Å². The van der Waals surface area contributed by atoms with Crippen molar-refractivity contribution in [2.24, 2.45) is 5.92 Å². The lowest BCUT2D eigenvalue weighted by Gasteiger charge is -2.06. The van der Waals surface area contributed by atoms with Crippen LogP contribution in [0.4, 0.5) is 13.2 Å². The number of nitrogens with one attached hydrogen (secondary N) is 1. The lowest BCUT2D eigenvalue weighted by Crippen LogP contribution is -2.21. The molecule has 0 radical (unpaired) electrons. The largest absolute Gasteiger partial charge is 0.464 e. The molecule has 0 bridgehead atoms. The highest BCUT2D eigenvalue weighted by molar-refractivity contribution is 5.17. The zero-order valence-electron chi connectivity index (χ0n) is 9.68. The van der Waals surface area contributed by atoms with E-state index in [9.17, 15) is 13.2 Å². The molecular weight excluding hydrogens is 231 g/mol. The molecule has 1 fully saturated rings. The summed E-state index contributed by atoms with van der Waals surface area (Å²) in [5.41, 5.74) is 0. The fourth-order valence-electron chi connectivity index (χ4n) is 1.85. The molecule has 2 nitrogen and oxygen atoms in total. The lowest BCUT2D eigenvalue weighted by molar-refractivity contribution is -0.133. The number of hydrogen-bond acceptors (Lipinski definition) is 2. The molecular formula is C12H16F3NO. The van der Waals surface area contributed by atoms with Crippen LogP contribution >= 0.6 is 0 Å². The Morgan fingerprint density at radius 2 is 2.12 bits per heavy atom. The van der Waals surface area contributed by atoms with E-state index in [1.54, 1.807) is 0 Å². The van der Waals surface area contributed by atoms with Crippen LogP contribution in [0.5, 0.6) is 0 Å². The van der Waals surface area contributed by atoms with E-state index in [4.69, 9.17) is 4.42 Å². The molecule has 5 heteroatoms. The van der Waals surface area contributed by atoms with Gasteiger partial charge in [-0.2, -0.15) is 13.2 Å². The summed E-state index contributed by atoms with van der Waals surface area (Å²) in [6.07, 6.45) is -3.75. The zero-order chi connectivity index (χ0) is 12.5. The van der Waals surface area contributed by atoms with E-state index in [1.165, 1.54) is 0 Å². The van der Waals surface area contributed by atoms with Gasteiger partial charge in [0.1, 0.15) is 11.5 Å². The van der Waals surface area contributed by atoms with Crippen LogP contribution in [0.1, 0.15) is 37.2 Å². The van der Waals surface area contributed by atoms with Gasteiger partial charge in [0.2, 0.25) is 0 Å². The molecule has 1 heterocycles. The maximum Gasteiger partial charge on any atom is 0.390 e. The first kappa shape index (κ1) is 12.5. The van der Waals surface area contributed by atoms with Crippen LogP contribution in [0.2, 0.25) is 0 Å². The SMILES string of the molecule is CC1CC1c1ccc(CNCCC(F)(F)F)o1. The number of hydrogen-bond donors (Lipinski definition) is 1. The van der Waals surface area contributed by atoms with Crippen molar-refractivity contribution < 1.29 is 17.6 Å². The molecule has 0 aromatic carbocycles. The quantitative estimate of drug-likeness (QED) is 0.806. The molecule has 1 aliphatic rings. The van der Waals surface area contributed by atoms with Crippen molar-refractivity contribution in [2.45, 2.75) is 38.4 Å². The van der Waals surface area contributed by atoms with Gasteiger partial charge in [-0.15, -0.1) is 0 Å². The van der Waals surface area contributed by atoms with Crippen LogP contribution in [0.25, 0.3) is 0 Å². The third-order valence-electron chi connectivity index (χ3n) is 3.04. The highest BCUT2D eigenvalue weighted by Gasteiger charge is 2.36. The predicted molar refractivity (Wildman–Crippen MR) is 57.6 cm³/mol. The molecule has 1 aromatic rings. The Labute approximate surface area is 98.2 Å². The summed E-state index contributed by atoms with van der Waals surface area (Å²) >= 11 is 0. The summed E-state index contributed by atoms with van der Waals surface area (Å²) in [7, 11) is 0. The van der Waals surface area contributed by atoms with Crippen molar-refractivity contribution in [3.05, 3.63) is 23.7 Å². The highest BCUT2D eigenvalue weighted by atomic mass is 19.4. The maximum atomic E-state index is 11.9. The topological polar surface area (TPSA) is 25.2 Å². The summed E-state index contributed by atoms with van der Waals surface area (Å²) < 4.78 is 41.2. The molecule has 2 atom stereocenters. The fourth-order valence-corrected chi connectivity index (χ4v) is 1.85. The molecule has 2 rings (SSSR count). The first-order chi connectivity index (χ1) is 7.96. The summed E-state index contributed by atoms with van der Waals surface area (Å²) in [6, 6.07) is 3.76. The summed E-state index contributed by atoms with van der Waals surface area (Å²) in [5, 5.41) is 2.73. The molecule has 1 aromatic heterocycles. The van der Waals surface area contributed by atoms with Crippen molar-refractivity contribution in [1.82, 2.24) is 5.32 Å². The third-order valence-corrected chi connectivity index (χ3v) is 3.04. The second-order valence-corrected chi connectivity index (χ2v) is 4.67. The average molecular weight is 247 g/mol. The van der Waals surface area contributed by atoms with Crippen LogP contribution in [-0.2, 0) is 6.54 Å². The van der Waals surface area contributed by atoms with E-state index in [0.717, 1.165) is 12.2 Å². The van der Waals surface area contributed by atoms with Crippen molar-refractivity contribution in [3.63, 3.8) is 0 Å². The molecule has 1 aliphatic carbocycles. The molecule has 0 amide bonds. The van der Waals surface area contributed by atoms with E-state index < -0.39 is 12.6 Å². The summed E-state index contributed by atoms with van der Waals surface area (Å²) in [4.78, 5) is 0. The molecule has 0 spiro atoms. The second-order valence-electron chi connectivity index (χ2n) is 4.67. The standard InChI is InChI=1S/C12H16F3NO/c1-8-6-10(8)11-3-2-9(17-11)7-16-5-4-12(13,14)15/h2-3,8,10,16H,4-7H2,1H3. The Hall–Kier alpha value is -0.970. The van der Waals surface area contributed by atoms with Gasteiger partial charge >= 0.3 is 6.18 Å². The molecule has 1 N–H and O–H groups in total. The minimum absolute atomic E-state index is 0.0701. The van der Waals surface area contributed by atoms with Gasteiger partial charge in [-0.3, -0.25) is 0 Å². The smallest absolute Gasteiger partial charge is 0.390 e.